The number of rotatable bonds is 5. The van der Waals surface area contributed by atoms with E-state index in [1.165, 1.54) is 38.0 Å². The highest BCUT2D eigenvalue weighted by atomic mass is 16.3. The minimum Gasteiger partial charge on any atom is -0.508 e. The maximum Gasteiger partial charge on any atom is 0.115 e. The molecule has 1 unspecified atom stereocenters. The SMILES string of the molecule is Oc1cccc(CN(CC2[C@H]3CNC[C@@H]23)C2CC2)c1. The third-order valence-electron chi connectivity index (χ3n) is 5.07. The van der Waals surface area contributed by atoms with Gasteiger partial charge in [-0.05, 0) is 61.4 Å². The zero-order valence-corrected chi connectivity index (χ0v) is 11.3. The quantitative estimate of drug-likeness (QED) is 0.845. The fraction of sp³-hybridized carbons (Fsp3) is 0.625. The molecule has 1 aliphatic heterocycles. The summed E-state index contributed by atoms with van der Waals surface area (Å²) in [6.07, 6.45) is 2.72. The molecule has 0 spiro atoms. The van der Waals surface area contributed by atoms with E-state index in [-0.39, 0.29) is 0 Å². The van der Waals surface area contributed by atoms with Crippen LogP contribution >= 0.6 is 0 Å². The highest BCUT2D eigenvalue weighted by Crippen LogP contribution is 2.49. The monoisotopic (exact) mass is 258 g/mol. The predicted molar refractivity (Wildman–Crippen MR) is 74.9 cm³/mol. The van der Waals surface area contributed by atoms with Gasteiger partial charge in [0.2, 0.25) is 0 Å². The lowest BCUT2D eigenvalue weighted by atomic mass is 10.1. The zero-order chi connectivity index (χ0) is 12.8. The molecular formula is C16H22N2O. The molecule has 102 valence electrons. The first-order valence-corrected chi connectivity index (χ1v) is 7.54. The van der Waals surface area contributed by atoms with E-state index in [1.807, 2.05) is 12.1 Å². The van der Waals surface area contributed by atoms with Crippen LogP contribution in [0.15, 0.2) is 24.3 Å². The van der Waals surface area contributed by atoms with Gasteiger partial charge in [0, 0.05) is 19.1 Å². The van der Waals surface area contributed by atoms with Crippen molar-refractivity contribution in [3.8, 4) is 5.75 Å². The maximum atomic E-state index is 9.58. The Morgan fingerprint density at radius 3 is 2.68 bits per heavy atom. The molecule has 0 aromatic heterocycles. The van der Waals surface area contributed by atoms with E-state index in [0.717, 1.165) is 30.3 Å². The van der Waals surface area contributed by atoms with Crippen LogP contribution < -0.4 is 5.32 Å². The third-order valence-corrected chi connectivity index (χ3v) is 5.07. The van der Waals surface area contributed by atoms with Crippen LogP contribution in [-0.4, -0.2) is 35.7 Å². The van der Waals surface area contributed by atoms with Gasteiger partial charge in [0.1, 0.15) is 5.75 Å². The van der Waals surface area contributed by atoms with Gasteiger partial charge >= 0.3 is 0 Å². The number of phenols is 1. The Hall–Kier alpha value is -1.06. The molecule has 0 bridgehead atoms. The average molecular weight is 258 g/mol. The van der Waals surface area contributed by atoms with Crippen LogP contribution in [0.3, 0.4) is 0 Å². The molecule has 4 rings (SSSR count). The van der Waals surface area contributed by atoms with Crippen molar-refractivity contribution in [1.82, 2.24) is 10.2 Å². The zero-order valence-electron chi connectivity index (χ0n) is 11.3. The van der Waals surface area contributed by atoms with E-state index in [2.05, 4.69) is 16.3 Å². The molecule has 3 nitrogen and oxygen atoms in total. The summed E-state index contributed by atoms with van der Waals surface area (Å²) in [5.74, 6) is 3.22. The summed E-state index contributed by atoms with van der Waals surface area (Å²) in [7, 11) is 0. The number of nitrogens with zero attached hydrogens (tertiary/aromatic N) is 1. The average Bonchev–Trinajstić information content (AvgIpc) is 3.29. The van der Waals surface area contributed by atoms with Crippen molar-refractivity contribution in [3.63, 3.8) is 0 Å². The number of fused-ring (bicyclic) bond motifs is 1. The van der Waals surface area contributed by atoms with Crippen molar-refractivity contribution in [2.45, 2.75) is 25.4 Å². The van der Waals surface area contributed by atoms with Crippen LogP contribution in [0.5, 0.6) is 5.75 Å². The molecule has 3 atom stereocenters. The van der Waals surface area contributed by atoms with Crippen LogP contribution in [0.1, 0.15) is 18.4 Å². The van der Waals surface area contributed by atoms with Gasteiger partial charge in [-0.3, -0.25) is 4.90 Å². The first kappa shape index (κ1) is 11.7. The third kappa shape index (κ3) is 2.37. The molecular weight excluding hydrogens is 236 g/mol. The smallest absolute Gasteiger partial charge is 0.115 e. The van der Waals surface area contributed by atoms with Crippen LogP contribution in [0.4, 0.5) is 0 Å². The molecule has 3 heteroatoms. The van der Waals surface area contributed by atoms with Gasteiger partial charge in [-0.25, -0.2) is 0 Å². The Morgan fingerprint density at radius 2 is 2.00 bits per heavy atom. The molecule has 1 heterocycles. The second kappa shape index (κ2) is 4.50. The number of hydrogen-bond donors (Lipinski definition) is 2. The van der Waals surface area contributed by atoms with Gasteiger partial charge in [-0.1, -0.05) is 12.1 Å². The van der Waals surface area contributed by atoms with Crippen molar-refractivity contribution in [3.05, 3.63) is 29.8 Å². The largest absolute Gasteiger partial charge is 0.508 e. The summed E-state index contributed by atoms with van der Waals surface area (Å²) in [4.78, 5) is 2.65. The van der Waals surface area contributed by atoms with Gasteiger partial charge in [0.15, 0.2) is 0 Å². The molecule has 2 aliphatic carbocycles. The number of nitrogens with one attached hydrogen (secondary N) is 1. The van der Waals surface area contributed by atoms with Gasteiger partial charge in [0.05, 0.1) is 0 Å². The van der Waals surface area contributed by atoms with Crippen molar-refractivity contribution in [2.24, 2.45) is 17.8 Å². The predicted octanol–water partition coefficient (Wildman–Crippen LogP) is 1.82. The van der Waals surface area contributed by atoms with Gasteiger partial charge in [-0.15, -0.1) is 0 Å². The topological polar surface area (TPSA) is 35.5 Å². The Balaban J connectivity index is 1.41. The molecule has 0 amide bonds. The minimum atomic E-state index is 0.390. The van der Waals surface area contributed by atoms with Crippen molar-refractivity contribution in [2.75, 3.05) is 19.6 Å². The molecule has 3 fully saturated rings. The Kier molecular flexibility index (Phi) is 2.78. The molecule has 3 aliphatic rings. The molecule has 0 radical (unpaired) electrons. The highest BCUT2D eigenvalue weighted by molar-refractivity contribution is 5.27. The van der Waals surface area contributed by atoms with Gasteiger partial charge in [0.25, 0.3) is 0 Å². The van der Waals surface area contributed by atoms with Crippen molar-refractivity contribution in [1.29, 1.82) is 0 Å². The Morgan fingerprint density at radius 1 is 1.21 bits per heavy atom. The van der Waals surface area contributed by atoms with E-state index < -0.39 is 0 Å². The van der Waals surface area contributed by atoms with Crippen molar-refractivity contribution >= 4 is 0 Å². The Bertz CT molecular complexity index is 462. The fourth-order valence-corrected chi connectivity index (χ4v) is 3.76. The summed E-state index contributed by atoms with van der Waals surface area (Å²) >= 11 is 0. The number of aromatic hydroxyl groups is 1. The Labute approximate surface area is 114 Å². The molecule has 1 aromatic carbocycles. The first-order chi connectivity index (χ1) is 9.31. The number of benzene rings is 1. The first-order valence-electron chi connectivity index (χ1n) is 7.54. The molecule has 19 heavy (non-hydrogen) atoms. The number of hydrogen-bond acceptors (Lipinski definition) is 3. The summed E-state index contributed by atoms with van der Waals surface area (Å²) in [5.41, 5.74) is 1.25. The van der Waals surface area contributed by atoms with E-state index >= 15 is 0 Å². The van der Waals surface area contributed by atoms with Crippen LogP contribution in [0.25, 0.3) is 0 Å². The van der Waals surface area contributed by atoms with Crippen molar-refractivity contribution < 1.29 is 5.11 Å². The van der Waals surface area contributed by atoms with Crippen LogP contribution in [-0.2, 0) is 6.54 Å². The number of piperidine rings is 1. The van der Waals surface area contributed by atoms with Crippen LogP contribution in [0.2, 0.25) is 0 Å². The summed E-state index contributed by atoms with van der Waals surface area (Å²) in [5, 5.41) is 13.1. The highest BCUT2D eigenvalue weighted by Gasteiger charge is 2.53. The molecule has 2 N–H and O–H groups in total. The number of phenolic OH excluding ortho intramolecular Hbond substituents is 1. The van der Waals surface area contributed by atoms with E-state index in [9.17, 15) is 5.11 Å². The summed E-state index contributed by atoms with van der Waals surface area (Å²) < 4.78 is 0. The van der Waals surface area contributed by atoms with E-state index in [0.29, 0.717) is 5.75 Å². The molecule has 1 saturated heterocycles. The minimum absolute atomic E-state index is 0.390. The lowest BCUT2D eigenvalue weighted by Gasteiger charge is -2.23. The standard InChI is InChI=1S/C16H22N2O/c19-13-3-1-2-11(6-13)9-18(12-4-5-12)10-16-14-7-17-8-15(14)16/h1-3,6,12,14-17,19H,4-5,7-10H2/t14-,15+,16?. The molecule has 1 aromatic rings. The molecule has 2 saturated carbocycles. The van der Waals surface area contributed by atoms with E-state index in [1.54, 1.807) is 6.07 Å². The lowest BCUT2D eigenvalue weighted by Crippen LogP contribution is -2.30. The normalized spacial score (nSPS) is 32.6. The summed E-state index contributed by atoms with van der Waals surface area (Å²) in [6.45, 7) is 4.74. The fourth-order valence-electron chi connectivity index (χ4n) is 3.76. The van der Waals surface area contributed by atoms with Gasteiger partial charge in [-0.2, -0.15) is 0 Å². The second-order valence-electron chi connectivity index (χ2n) is 6.48. The van der Waals surface area contributed by atoms with Crippen LogP contribution in [0, 0.1) is 17.8 Å². The second-order valence-corrected chi connectivity index (χ2v) is 6.48. The summed E-state index contributed by atoms with van der Waals surface area (Å²) in [6, 6.07) is 8.54. The maximum absolute atomic E-state index is 9.58. The lowest BCUT2D eigenvalue weighted by molar-refractivity contribution is 0.232. The van der Waals surface area contributed by atoms with E-state index in [4.69, 9.17) is 0 Å². The van der Waals surface area contributed by atoms with Gasteiger partial charge < -0.3 is 10.4 Å².